The van der Waals surface area contributed by atoms with Crippen LogP contribution in [0.5, 0.6) is 5.75 Å². The van der Waals surface area contributed by atoms with E-state index in [1.54, 1.807) is 6.33 Å². The normalized spacial score (nSPS) is 13.0. The molecule has 0 saturated carbocycles. The monoisotopic (exact) mass is 385 g/mol. The Morgan fingerprint density at radius 3 is 2.72 bits per heavy atom. The van der Waals surface area contributed by atoms with Crippen molar-refractivity contribution in [2.24, 2.45) is 0 Å². The third-order valence-electron chi connectivity index (χ3n) is 5.34. The zero-order chi connectivity index (χ0) is 20.0. The van der Waals surface area contributed by atoms with Crippen LogP contribution in [0, 0.1) is 6.92 Å². The van der Waals surface area contributed by atoms with Gasteiger partial charge >= 0.3 is 0 Å². The van der Waals surface area contributed by atoms with Gasteiger partial charge in [0, 0.05) is 12.2 Å². The van der Waals surface area contributed by atoms with Gasteiger partial charge in [-0.05, 0) is 49.6 Å². The van der Waals surface area contributed by atoms with Gasteiger partial charge in [-0.25, -0.2) is 14.6 Å². The van der Waals surface area contributed by atoms with Crippen LogP contribution in [-0.4, -0.2) is 30.9 Å². The van der Waals surface area contributed by atoms with Crippen molar-refractivity contribution in [2.75, 3.05) is 6.61 Å². The summed E-state index contributed by atoms with van der Waals surface area (Å²) in [6, 6.07) is 15.0. The molecule has 0 atom stereocenters. The van der Waals surface area contributed by atoms with Crippen LogP contribution in [-0.2, 0) is 6.54 Å². The fourth-order valence-corrected chi connectivity index (χ4v) is 3.87. The molecule has 5 rings (SSSR count). The van der Waals surface area contributed by atoms with Crippen molar-refractivity contribution < 1.29 is 4.74 Å². The summed E-state index contributed by atoms with van der Waals surface area (Å²) >= 11 is 0. The summed E-state index contributed by atoms with van der Waals surface area (Å²) in [5.74, 6) is 2.56. The van der Waals surface area contributed by atoms with E-state index in [4.69, 9.17) is 9.72 Å². The van der Waals surface area contributed by atoms with Gasteiger partial charge in [-0.2, -0.15) is 5.10 Å². The molecule has 0 fully saturated rings. The number of aromatic nitrogens is 5. The molecule has 6 nitrogen and oxygen atoms in total. The molecular weight excluding hydrogens is 362 g/mol. The van der Waals surface area contributed by atoms with Crippen LogP contribution < -0.4 is 4.74 Å². The van der Waals surface area contributed by atoms with E-state index in [0.717, 1.165) is 40.8 Å². The Labute approximate surface area is 169 Å². The Balaban J connectivity index is 1.60. The van der Waals surface area contributed by atoms with E-state index in [2.05, 4.69) is 77.9 Å². The molecular formula is C23H23N5O. The van der Waals surface area contributed by atoms with Gasteiger partial charge in [-0.3, -0.25) is 0 Å². The molecule has 0 bridgehead atoms. The van der Waals surface area contributed by atoms with Crippen molar-refractivity contribution in [3.05, 3.63) is 60.6 Å². The van der Waals surface area contributed by atoms with E-state index >= 15 is 0 Å². The number of fused-ring (bicyclic) bond motifs is 3. The van der Waals surface area contributed by atoms with Gasteiger partial charge in [0.1, 0.15) is 30.2 Å². The first-order chi connectivity index (χ1) is 14.1. The summed E-state index contributed by atoms with van der Waals surface area (Å²) in [6.07, 6.45) is 3.64. The second-order valence-electron chi connectivity index (χ2n) is 7.64. The van der Waals surface area contributed by atoms with Gasteiger partial charge < -0.3 is 9.30 Å². The molecule has 4 aromatic rings. The van der Waals surface area contributed by atoms with E-state index in [9.17, 15) is 0 Å². The molecule has 0 saturated heterocycles. The van der Waals surface area contributed by atoms with Gasteiger partial charge in [0.25, 0.3) is 0 Å². The highest BCUT2D eigenvalue weighted by atomic mass is 16.5. The largest absolute Gasteiger partial charge is 0.491 e. The van der Waals surface area contributed by atoms with Crippen LogP contribution in [0.1, 0.15) is 25.5 Å². The number of hydrogen-bond acceptors (Lipinski definition) is 4. The molecule has 1 aliphatic rings. The maximum absolute atomic E-state index is 6.09. The first kappa shape index (κ1) is 17.7. The van der Waals surface area contributed by atoms with Crippen molar-refractivity contribution in [1.82, 2.24) is 24.3 Å². The number of imidazole rings is 1. The Morgan fingerprint density at radius 2 is 1.90 bits per heavy atom. The van der Waals surface area contributed by atoms with Crippen molar-refractivity contribution in [3.8, 4) is 39.8 Å². The molecule has 0 aliphatic carbocycles. The zero-order valence-corrected chi connectivity index (χ0v) is 16.8. The topological polar surface area (TPSA) is 57.8 Å². The Morgan fingerprint density at radius 1 is 1.03 bits per heavy atom. The average Bonchev–Trinajstić information content (AvgIpc) is 3.32. The van der Waals surface area contributed by atoms with Crippen molar-refractivity contribution in [3.63, 3.8) is 0 Å². The lowest BCUT2D eigenvalue weighted by molar-refractivity contribution is 0.307. The minimum absolute atomic E-state index is 0.223. The highest BCUT2D eigenvalue weighted by Crippen LogP contribution is 2.37. The van der Waals surface area contributed by atoms with Crippen LogP contribution in [0.25, 0.3) is 34.0 Å². The Hall–Kier alpha value is -3.41. The molecule has 6 heteroatoms. The van der Waals surface area contributed by atoms with E-state index in [-0.39, 0.29) is 6.04 Å². The number of hydrogen-bond donors (Lipinski definition) is 0. The molecule has 2 aromatic heterocycles. The van der Waals surface area contributed by atoms with Crippen LogP contribution in [0.15, 0.2) is 55.0 Å². The summed E-state index contributed by atoms with van der Waals surface area (Å²) in [5, 5.41) is 4.35. The van der Waals surface area contributed by atoms with E-state index < -0.39 is 0 Å². The van der Waals surface area contributed by atoms with Gasteiger partial charge in [0.15, 0.2) is 5.82 Å². The molecule has 0 spiro atoms. The minimum Gasteiger partial charge on any atom is -0.491 e. The summed E-state index contributed by atoms with van der Waals surface area (Å²) < 4.78 is 10.1. The maximum Gasteiger partial charge on any atom is 0.178 e. The SMILES string of the molecule is Cc1ccccc1-c1ccc2c(c1)OCCn1cc(-c3ncnn3C(C)C)nc1-2. The standard InChI is InChI=1S/C23H23N5O/c1-15(2)28-23(24-14-25-28)20-13-27-10-11-29-21-12-17(8-9-19(21)22(27)26-20)18-7-5-4-6-16(18)3/h4-9,12-15H,10-11H2,1-3H3. The van der Waals surface area contributed by atoms with Crippen molar-refractivity contribution >= 4 is 0 Å². The highest BCUT2D eigenvalue weighted by molar-refractivity contribution is 5.76. The average molecular weight is 385 g/mol. The van der Waals surface area contributed by atoms with Gasteiger partial charge in [-0.15, -0.1) is 0 Å². The molecule has 3 heterocycles. The molecule has 0 N–H and O–H groups in total. The second kappa shape index (κ2) is 6.88. The van der Waals surface area contributed by atoms with E-state index in [1.165, 1.54) is 11.1 Å². The smallest absolute Gasteiger partial charge is 0.178 e. The fraction of sp³-hybridized carbons (Fsp3) is 0.261. The number of aryl methyl sites for hydroxylation is 1. The molecule has 0 unspecified atom stereocenters. The number of rotatable bonds is 3. The summed E-state index contributed by atoms with van der Waals surface area (Å²) in [5.41, 5.74) is 5.46. The molecule has 29 heavy (non-hydrogen) atoms. The second-order valence-corrected chi connectivity index (χ2v) is 7.64. The Kier molecular flexibility index (Phi) is 4.19. The quantitative estimate of drug-likeness (QED) is 0.510. The third kappa shape index (κ3) is 3.01. The van der Waals surface area contributed by atoms with Crippen LogP contribution in [0.2, 0.25) is 0 Å². The molecule has 0 amide bonds. The molecule has 1 aliphatic heterocycles. The lowest BCUT2D eigenvalue weighted by Gasteiger charge is -2.11. The molecule has 146 valence electrons. The lowest BCUT2D eigenvalue weighted by atomic mass is 9.99. The van der Waals surface area contributed by atoms with Crippen molar-refractivity contribution in [2.45, 2.75) is 33.4 Å². The minimum atomic E-state index is 0.223. The number of nitrogens with zero attached hydrogens (tertiary/aromatic N) is 5. The summed E-state index contributed by atoms with van der Waals surface area (Å²) in [6.45, 7) is 7.66. The van der Waals surface area contributed by atoms with Gasteiger partial charge in [0.2, 0.25) is 0 Å². The Bertz CT molecular complexity index is 1190. The lowest BCUT2D eigenvalue weighted by Crippen LogP contribution is -2.06. The maximum atomic E-state index is 6.09. The summed E-state index contributed by atoms with van der Waals surface area (Å²) in [4.78, 5) is 9.36. The van der Waals surface area contributed by atoms with E-state index in [0.29, 0.717) is 6.61 Å². The molecule has 2 aromatic carbocycles. The van der Waals surface area contributed by atoms with Crippen LogP contribution in [0.4, 0.5) is 0 Å². The fourth-order valence-electron chi connectivity index (χ4n) is 3.87. The number of ether oxygens (including phenoxy) is 1. The molecule has 0 radical (unpaired) electrons. The number of benzene rings is 2. The predicted molar refractivity (Wildman–Crippen MR) is 113 cm³/mol. The zero-order valence-electron chi connectivity index (χ0n) is 16.8. The van der Waals surface area contributed by atoms with Crippen LogP contribution in [0.3, 0.4) is 0 Å². The van der Waals surface area contributed by atoms with Crippen molar-refractivity contribution in [1.29, 1.82) is 0 Å². The first-order valence-electron chi connectivity index (χ1n) is 9.92. The summed E-state index contributed by atoms with van der Waals surface area (Å²) in [7, 11) is 0. The highest BCUT2D eigenvalue weighted by Gasteiger charge is 2.22. The predicted octanol–water partition coefficient (Wildman–Crippen LogP) is 4.76. The van der Waals surface area contributed by atoms with Gasteiger partial charge in [-0.1, -0.05) is 30.3 Å². The van der Waals surface area contributed by atoms with Gasteiger partial charge in [0.05, 0.1) is 12.1 Å². The first-order valence-corrected chi connectivity index (χ1v) is 9.92. The van der Waals surface area contributed by atoms with Crippen LogP contribution >= 0.6 is 0 Å². The van der Waals surface area contributed by atoms with E-state index in [1.807, 2.05) is 10.9 Å². The third-order valence-corrected chi connectivity index (χ3v) is 5.34.